The lowest BCUT2D eigenvalue weighted by atomic mass is 9.88. The van der Waals surface area contributed by atoms with E-state index in [-0.39, 0.29) is 33.6 Å². The van der Waals surface area contributed by atoms with Gasteiger partial charge in [-0.3, -0.25) is 4.90 Å². The van der Waals surface area contributed by atoms with E-state index in [0.717, 1.165) is 37.4 Å². The fraction of sp³-hybridized carbons (Fsp3) is 0.310. The van der Waals surface area contributed by atoms with Gasteiger partial charge in [0.1, 0.15) is 29.0 Å². The maximum Gasteiger partial charge on any atom is 0.251 e. The normalized spacial score (nSPS) is 15.4. The molecular formula is C29H27F4N3O. The van der Waals surface area contributed by atoms with Crippen molar-refractivity contribution in [3.8, 4) is 22.4 Å². The third-order valence-electron chi connectivity index (χ3n) is 7.23. The molecule has 0 unspecified atom stereocenters. The third-order valence-corrected chi connectivity index (χ3v) is 7.23. The van der Waals surface area contributed by atoms with Crippen molar-refractivity contribution in [3.05, 3.63) is 88.9 Å². The number of pyridine rings is 2. The molecule has 0 amide bonds. The lowest BCUT2D eigenvalue weighted by Crippen LogP contribution is -2.47. The lowest BCUT2D eigenvalue weighted by molar-refractivity contribution is -0.587. The zero-order valence-corrected chi connectivity index (χ0v) is 20.9. The Labute approximate surface area is 212 Å². The summed E-state index contributed by atoms with van der Waals surface area (Å²) in [6, 6.07) is 9.80. The Bertz CT molecular complexity index is 1470. The number of nitrogens with zero attached hydrogens (tertiary/aromatic N) is 3. The fourth-order valence-electron chi connectivity index (χ4n) is 5.26. The van der Waals surface area contributed by atoms with Gasteiger partial charge in [-0.1, -0.05) is 6.07 Å². The molecule has 8 heteroatoms. The van der Waals surface area contributed by atoms with E-state index in [9.17, 15) is 18.4 Å². The minimum atomic E-state index is -0.863. The van der Waals surface area contributed by atoms with Gasteiger partial charge in [0.15, 0.2) is 5.69 Å². The standard InChI is InChI=1S/C29H27F4N3O/c1-29(2,3)35-13-10-17(11-14-35)25-16-21(19-8-7-18(30)15-24(19)33)20-9-12-34-27(28(20)36(25)37)26-22(31)5-4-6-23(26)32/h4-9,12,15-17H,10-11,13-14H2,1-3H3. The Morgan fingerprint density at radius 2 is 1.57 bits per heavy atom. The van der Waals surface area contributed by atoms with Crippen LogP contribution < -0.4 is 4.73 Å². The lowest BCUT2D eigenvalue weighted by Gasteiger charge is -2.40. The molecular weight excluding hydrogens is 482 g/mol. The van der Waals surface area contributed by atoms with E-state index in [2.05, 4.69) is 30.7 Å². The van der Waals surface area contributed by atoms with Gasteiger partial charge >= 0.3 is 0 Å². The van der Waals surface area contributed by atoms with Gasteiger partial charge < -0.3 is 5.21 Å². The quantitative estimate of drug-likeness (QED) is 0.175. The predicted molar refractivity (Wildman–Crippen MR) is 135 cm³/mol. The molecule has 3 heterocycles. The first-order valence-corrected chi connectivity index (χ1v) is 12.3. The maximum absolute atomic E-state index is 15.0. The summed E-state index contributed by atoms with van der Waals surface area (Å²) in [4.78, 5) is 6.53. The molecule has 4 nitrogen and oxygen atoms in total. The van der Waals surface area contributed by atoms with Crippen molar-refractivity contribution in [1.82, 2.24) is 9.88 Å². The Morgan fingerprint density at radius 3 is 2.19 bits per heavy atom. The van der Waals surface area contributed by atoms with Crippen LogP contribution in [0.5, 0.6) is 0 Å². The van der Waals surface area contributed by atoms with Crippen molar-refractivity contribution in [2.45, 2.75) is 45.1 Å². The van der Waals surface area contributed by atoms with Crippen molar-refractivity contribution < 1.29 is 22.3 Å². The monoisotopic (exact) mass is 509 g/mol. The molecule has 1 aliphatic heterocycles. The molecule has 192 valence electrons. The van der Waals surface area contributed by atoms with Crippen LogP contribution in [0.15, 0.2) is 54.7 Å². The second-order valence-corrected chi connectivity index (χ2v) is 10.5. The number of hydrogen-bond donors (Lipinski definition) is 0. The molecule has 5 rings (SSSR count). The van der Waals surface area contributed by atoms with Crippen molar-refractivity contribution in [3.63, 3.8) is 0 Å². The number of rotatable bonds is 3. The topological polar surface area (TPSA) is 43.1 Å². The van der Waals surface area contributed by atoms with Gasteiger partial charge in [0, 0.05) is 40.9 Å². The Morgan fingerprint density at radius 1 is 0.892 bits per heavy atom. The number of benzene rings is 2. The highest BCUT2D eigenvalue weighted by molar-refractivity contribution is 5.99. The van der Waals surface area contributed by atoms with E-state index in [1.807, 2.05) is 0 Å². The SMILES string of the molecule is CC(C)(C)N1CCC(c2cc(-c3ccc(F)cc3F)c3ccnc(-c4c(F)cccc4F)c3[n+]2[O-])CC1. The minimum absolute atomic E-state index is 0.0242. The molecule has 0 bridgehead atoms. The smallest absolute Gasteiger partial charge is 0.251 e. The highest BCUT2D eigenvalue weighted by atomic mass is 19.1. The molecule has 1 saturated heterocycles. The van der Waals surface area contributed by atoms with Gasteiger partial charge in [-0.05, 0) is 77.0 Å². The summed E-state index contributed by atoms with van der Waals surface area (Å²) in [7, 11) is 0. The first-order valence-electron chi connectivity index (χ1n) is 12.3. The molecule has 37 heavy (non-hydrogen) atoms. The summed E-state index contributed by atoms with van der Waals surface area (Å²) in [6.07, 6.45) is 2.69. The van der Waals surface area contributed by atoms with Crippen LogP contribution in [0.25, 0.3) is 33.3 Å². The van der Waals surface area contributed by atoms with E-state index in [4.69, 9.17) is 0 Å². The summed E-state index contributed by atoms with van der Waals surface area (Å²) in [5.74, 6) is -3.42. The molecule has 0 radical (unpaired) electrons. The van der Waals surface area contributed by atoms with E-state index in [0.29, 0.717) is 28.8 Å². The number of halogens is 4. The van der Waals surface area contributed by atoms with Gasteiger partial charge in [0.2, 0.25) is 0 Å². The van der Waals surface area contributed by atoms with Crippen LogP contribution in [-0.2, 0) is 0 Å². The van der Waals surface area contributed by atoms with Crippen molar-refractivity contribution in [1.29, 1.82) is 0 Å². The third kappa shape index (κ3) is 4.55. The number of aromatic nitrogens is 2. The number of fused-ring (bicyclic) bond motifs is 1. The minimum Gasteiger partial charge on any atom is -0.618 e. The van der Waals surface area contributed by atoms with Crippen LogP contribution in [-0.4, -0.2) is 28.5 Å². The van der Waals surface area contributed by atoms with Crippen molar-refractivity contribution >= 4 is 10.9 Å². The van der Waals surface area contributed by atoms with E-state index < -0.39 is 28.8 Å². The Hall–Kier alpha value is -3.52. The highest BCUT2D eigenvalue weighted by Crippen LogP contribution is 2.38. The Kier molecular flexibility index (Phi) is 6.40. The van der Waals surface area contributed by atoms with Crippen molar-refractivity contribution in [2.75, 3.05) is 13.1 Å². The van der Waals surface area contributed by atoms with Gasteiger partial charge in [0.25, 0.3) is 5.52 Å². The Balaban J connectivity index is 1.77. The van der Waals surface area contributed by atoms with Crippen LogP contribution in [0.1, 0.15) is 45.2 Å². The second kappa shape index (κ2) is 9.41. The van der Waals surface area contributed by atoms with E-state index in [1.54, 1.807) is 6.07 Å². The zero-order valence-electron chi connectivity index (χ0n) is 20.9. The molecule has 0 aliphatic carbocycles. The first-order chi connectivity index (χ1) is 17.6. The average Bonchev–Trinajstić information content (AvgIpc) is 2.84. The van der Waals surface area contributed by atoms with Gasteiger partial charge in [-0.15, -0.1) is 0 Å². The summed E-state index contributed by atoms with van der Waals surface area (Å²) in [5, 5.41) is 14.2. The number of likely N-dealkylation sites (tertiary alicyclic amines) is 1. The van der Waals surface area contributed by atoms with Crippen LogP contribution in [0.3, 0.4) is 0 Å². The highest BCUT2D eigenvalue weighted by Gasteiger charge is 2.33. The van der Waals surface area contributed by atoms with Crippen LogP contribution in [0, 0.1) is 28.5 Å². The van der Waals surface area contributed by atoms with E-state index >= 15 is 4.39 Å². The number of hydrogen-bond acceptors (Lipinski definition) is 3. The average molecular weight is 510 g/mol. The number of piperidine rings is 1. The molecule has 0 spiro atoms. The molecule has 4 aromatic rings. The zero-order chi connectivity index (χ0) is 26.5. The summed E-state index contributed by atoms with van der Waals surface area (Å²) in [6.45, 7) is 7.91. The van der Waals surface area contributed by atoms with Crippen LogP contribution >= 0.6 is 0 Å². The summed E-state index contributed by atoms with van der Waals surface area (Å²) < 4.78 is 59.1. The summed E-state index contributed by atoms with van der Waals surface area (Å²) >= 11 is 0. The van der Waals surface area contributed by atoms with Crippen molar-refractivity contribution in [2.24, 2.45) is 0 Å². The largest absolute Gasteiger partial charge is 0.618 e. The molecule has 1 aliphatic rings. The molecule has 0 N–H and O–H groups in total. The fourth-order valence-corrected chi connectivity index (χ4v) is 5.26. The van der Waals surface area contributed by atoms with Crippen LogP contribution in [0.2, 0.25) is 0 Å². The molecule has 2 aromatic carbocycles. The van der Waals surface area contributed by atoms with E-state index in [1.165, 1.54) is 24.4 Å². The first kappa shape index (κ1) is 25.1. The summed E-state index contributed by atoms with van der Waals surface area (Å²) in [5.41, 5.74) is 0.124. The van der Waals surface area contributed by atoms with Crippen LogP contribution in [0.4, 0.5) is 17.6 Å². The van der Waals surface area contributed by atoms with Gasteiger partial charge in [0.05, 0.1) is 10.9 Å². The molecule has 1 fully saturated rings. The molecule has 0 atom stereocenters. The predicted octanol–water partition coefficient (Wildman–Crippen LogP) is 6.74. The van der Waals surface area contributed by atoms with Gasteiger partial charge in [-0.2, -0.15) is 4.73 Å². The maximum atomic E-state index is 15.0. The van der Waals surface area contributed by atoms with Gasteiger partial charge in [-0.25, -0.2) is 22.5 Å². The second-order valence-electron chi connectivity index (χ2n) is 10.5. The molecule has 0 saturated carbocycles. The molecule has 2 aromatic heterocycles.